The minimum Gasteiger partial charge on any atom is -0.304 e. The van der Waals surface area contributed by atoms with Gasteiger partial charge in [0.05, 0.1) is 6.54 Å². The van der Waals surface area contributed by atoms with Crippen LogP contribution in [0.1, 0.15) is 25.6 Å². The van der Waals surface area contributed by atoms with Gasteiger partial charge in [-0.2, -0.15) is 0 Å². The average Bonchev–Trinajstić information content (AvgIpc) is 2.86. The molecule has 1 fully saturated rings. The predicted octanol–water partition coefficient (Wildman–Crippen LogP) is 2.88. The highest BCUT2D eigenvalue weighted by molar-refractivity contribution is 8.16. The molecule has 1 aliphatic rings. The van der Waals surface area contributed by atoms with Crippen molar-refractivity contribution >= 4 is 34.2 Å². The minimum absolute atomic E-state index is 0.0717. The van der Waals surface area contributed by atoms with Gasteiger partial charge in [-0.3, -0.25) is 9.79 Å². The monoisotopic (exact) mass is 268 g/mol. The van der Waals surface area contributed by atoms with Crippen molar-refractivity contribution in [1.82, 2.24) is 5.32 Å². The number of aliphatic imine (C=N–C) groups is 1. The fraction of sp³-hybridized carbons (Fsp3) is 0.500. The summed E-state index contributed by atoms with van der Waals surface area (Å²) in [6.07, 6.45) is 0. The lowest BCUT2D eigenvalue weighted by Gasteiger charge is -2.22. The number of hydrogen-bond donors (Lipinski definition) is 1. The first-order valence-corrected chi connectivity index (χ1v) is 7.29. The third-order valence-electron chi connectivity index (χ3n) is 3.04. The number of thioether (sulfide) groups is 1. The number of rotatable bonds is 3. The third kappa shape index (κ3) is 2.55. The maximum Gasteiger partial charge on any atom is 0.242 e. The summed E-state index contributed by atoms with van der Waals surface area (Å²) in [6, 6.07) is 4.07. The summed E-state index contributed by atoms with van der Waals surface area (Å²) in [6.45, 7) is 6.75. The van der Waals surface area contributed by atoms with Gasteiger partial charge in [-0.15, -0.1) is 11.3 Å². The van der Waals surface area contributed by atoms with Crippen LogP contribution >= 0.6 is 23.1 Å². The summed E-state index contributed by atoms with van der Waals surface area (Å²) in [5, 5.41) is 5.65. The van der Waals surface area contributed by atoms with E-state index in [0.717, 1.165) is 5.17 Å². The molecule has 0 spiro atoms. The molecule has 0 unspecified atom stereocenters. The van der Waals surface area contributed by atoms with E-state index >= 15 is 0 Å². The van der Waals surface area contributed by atoms with E-state index in [1.54, 1.807) is 23.1 Å². The van der Waals surface area contributed by atoms with Crippen molar-refractivity contribution in [3.63, 3.8) is 0 Å². The molecule has 1 aromatic rings. The van der Waals surface area contributed by atoms with Gasteiger partial charge in [0, 0.05) is 4.88 Å². The zero-order valence-electron chi connectivity index (χ0n) is 10.2. The zero-order valence-corrected chi connectivity index (χ0v) is 11.8. The quantitative estimate of drug-likeness (QED) is 0.916. The molecule has 1 N–H and O–H groups in total. The Kier molecular flexibility index (Phi) is 3.58. The molecule has 0 aromatic carbocycles. The first-order valence-electron chi connectivity index (χ1n) is 5.59. The van der Waals surface area contributed by atoms with E-state index in [2.05, 4.69) is 30.2 Å². The predicted molar refractivity (Wildman–Crippen MR) is 74.4 cm³/mol. The van der Waals surface area contributed by atoms with Crippen LogP contribution < -0.4 is 5.32 Å². The number of amidine groups is 1. The van der Waals surface area contributed by atoms with Crippen LogP contribution in [0.3, 0.4) is 0 Å². The fourth-order valence-corrected chi connectivity index (χ4v) is 3.18. The number of hydrogen-bond acceptors (Lipinski definition) is 4. The Bertz CT molecular complexity index is 439. The molecule has 3 nitrogen and oxygen atoms in total. The smallest absolute Gasteiger partial charge is 0.242 e. The Hall–Kier alpha value is -0.810. The topological polar surface area (TPSA) is 41.5 Å². The Morgan fingerprint density at radius 1 is 1.53 bits per heavy atom. The van der Waals surface area contributed by atoms with Gasteiger partial charge in [0.15, 0.2) is 5.17 Å². The summed E-state index contributed by atoms with van der Waals surface area (Å²) in [4.78, 5) is 17.6. The van der Waals surface area contributed by atoms with E-state index in [4.69, 9.17) is 0 Å². The molecule has 2 heterocycles. The molecule has 1 amide bonds. The maximum atomic E-state index is 11.9. The Labute approximate surface area is 110 Å². The molecule has 1 aliphatic heterocycles. The van der Waals surface area contributed by atoms with Gasteiger partial charge in [0.25, 0.3) is 0 Å². The summed E-state index contributed by atoms with van der Waals surface area (Å²) in [5.41, 5.74) is 0. The SMILES string of the molecule is CC(C)[C@]1(C)SC(=NCc2cccs2)NC1=O. The van der Waals surface area contributed by atoms with Crippen LogP contribution in [-0.2, 0) is 11.3 Å². The van der Waals surface area contributed by atoms with Crippen LogP contribution in [0.15, 0.2) is 22.5 Å². The van der Waals surface area contributed by atoms with Gasteiger partial charge < -0.3 is 5.32 Å². The fourth-order valence-electron chi connectivity index (χ4n) is 1.50. The van der Waals surface area contributed by atoms with Crippen molar-refractivity contribution in [1.29, 1.82) is 0 Å². The third-order valence-corrected chi connectivity index (χ3v) is 5.41. The first kappa shape index (κ1) is 12.6. The van der Waals surface area contributed by atoms with Crippen molar-refractivity contribution in [3.8, 4) is 0 Å². The molecule has 0 aliphatic carbocycles. The average molecular weight is 268 g/mol. The minimum atomic E-state index is -0.381. The van der Waals surface area contributed by atoms with E-state index < -0.39 is 0 Å². The largest absolute Gasteiger partial charge is 0.304 e. The lowest BCUT2D eigenvalue weighted by Crippen LogP contribution is -2.38. The highest BCUT2D eigenvalue weighted by Gasteiger charge is 2.44. The number of thiophene rings is 1. The maximum absolute atomic E-state index is 11.9. The Balaban J connectivity index is 2.06. The Morgan fingerprint density at radius 2 is 2.29 bits per heavy atom. The van der Waals surface area contributed by atoms with Gasteiger partial charge >= 0.3 is 0 Å². The van der Waals surface area contributed by atoms with E-state index in [9.17, 15) is 4.79 Å². The van der Waals surface area contributed by atoms with E-state index in [0.29, 0.717) is 12.5 Å². The van der Waals surface area contributed by atoms with E-state index in [1.807, 2.05) is 18.4 Å². The normalized spacial score (nSPS) is 26.8. The summed E-state index contributed by atoms with van der Waals surface area (Å²) in [7, 11) is 0. The van der Waals surface area contributed by atoms with Crippen molar-refractivity contribution in [2.24, 2.45) is 10.9 Å². The van der Waals surface area contributed by atoms with Crippen LogP contribution in [0.25, 0.3) is 0 Å². The van der Waals surface area contributed by atoms with Crippen molar-refractivity contribution < 1.29 is 4.79 Å². The van der Waals surface area contributed by atoms with Crippen molar-refractivity contribution in [2.45, 2.75) is 32.1 Å². The number of carbonyl (C=O) groups is 1. The molecule has 1 aromatic heterocycles. The van der Waals surface area contributed by atoms with Gasteiger partial charge in [0.1, 0.15) is 4.75 Å². The lowest BCUT2D eigenvalue weighted by molar-refractivity contribution is -0.122. The summed E-state index contributed by atoms with van der Waals surface area (Å²) < 4.78 is -0.381. The molecule has 1 saturated heterocycles. The summed E-state index contributed by atoms with van der Waals surface area (Å²) in [5.74, 6) is 0.365. The molecular formula is C12H16N2OS2. The molecule has 17 heavy (non-hydrogen) atoms. The summed E-state index contributed by atoms with van der Waals surface area (Å²) >= 11 is 3.23. The van der Waals surface area contributed by atoms with Crippen LogP contribution in [0.2, 0.25) is 0 Å². The van der Waals surface area contributed by atoms with E-state index in [-0.39, 0.29) is 10.7 Å². The molecule has 1 atom stereocenters. The highest BCUT2D eigenvalue weighted by atomic mass is 32.2. The van der Waals surface area contributed by atoms with Gasteiger partial charge in [-0.05, 0) is 24.3 Å². The Morgan fingerprint density at radius 3 is 2.82 bits per heavy atom. The van der Waals surface area contributed by atoms with Gasteiger partial charge in [-0.1, -0.05) is 31.7 Å². The molecule has 0 radical (unpaired) electrons. The second-order valence-corrected chi connectivity index (χ2v) is 6.99. The highest BCUT2D eigenvalue weighted by Crippen LogP contribution is 2.38. The second kappa shape index (κ2) is 4.82. The van der Waals surface area contributed by atoms with Crippen LogP contribution in [0.4, 0.5) is 0 Å². The lowest BCUT2D eigenvalue weighted by atomic mass is 9.96. The van der Waals surface area contributed by atoms with Crippen LogP contribution in [-0.4, -0.2) is 15.8 Å². The number of carbonyl (C=O) groups excluding carboxylic acids is 1. The number of amides is 1. The van der Waals surface area contributed by atoms with Crippen molar-refractivity contribution in [2.75, 3.05) is 0 Å². The van der Waals surface area contributed by atoms with Gasteiger partial charge in [0.2, 0.25) is 5.91 Å². The van der Waals surface area contributed by atoms with Crippen molar-refractivity contribution in [3.05, 3.63) is 22.4 Å². The number of nitrogens with one attached hydrogen (secondary N) is 1. The zero-order chi connectivity index (χ0) is 12.5. The molecule has 0 bridgehead atoms. The molecule has 5 heteroatoms. The second-order valence-electron chi connectivity index (χ2n) is 4.52. The van der Waals surface area contributed by atoms with Crippen LogP contribution in [0.5, 0.6) is 0 Å². The molecule has 2 rings (SSSR count). The molecule has 0 saturated carbocycles. The first-order chi connectivity index (χ1) is 8.02. The molecule has 92 valence electrons. The van der Waals surface area contributed by atoms with Crippen LogP contribution in [0, 0.1) is 5.92 Å². The number of nitrogens with zero attached hydrogens (tertiary/aromatic N) is 1. The standard InChI is InChI=1S/C12H16N2OS2/c1-8(2)12(3)10(15)14-11(17-12)13-7-9-5-4-6-16-9/h4-6,8H,7H2,1-3H3,(H,13,14,15)/t12-/m0/s1. The van der Waals surface area contributed by atoms with E-state index in [1.165, 1.54) is 4.88 Å². The molecular weight excluding hydrogens is 252 g/mol. The van der Waals surface area contributed by atoms with Gasteiger partial charge in [-0.25, -0.2) is 0 Å².